The Morgan fingerprint density at radius 3 is 2.81 bits per heavy atom. The zero-order chi connectivity index (χ0) is 15.1. The number of hydrogen-bond donors (Lipinski definition) is 1. The maximum Gasteiger partial charge on any atom is 0.240 e. The number of nitrogens with one attached hydrogen (secondary N) is 1. The van der Waals surface area contributed by atoms with Gasteiger partial charge in [-0.2, -0.15) is 5.10 Å². The number of aryl methyl sites for hydroxylation is 1. The second-order valence-corrected chi connectivity index (χ2v) is 6.87. The summed E-state index contributed by atoms with van der Waals surface area (Å²) in [5.74, 6) is 0.628. The van der Waals surface area contributed by atoms with Gasteiger partial charge in [0.25, 0.3) is 0 Å². The molecule has 1 aromatic carbocycles. The van der Waals surface area contributed by atoms with Crippen LogP contribution in [-0.2, 0) is 4.79 Å². The van der Waals surface area contributed by atoms with E-state index in [9.17, 15) is 4.79 Å². The van der Waals surface area contributed by atoms with Gasteiger partial charge in [-0.1, -0.05) is 11.6 Å². The molecular weight excluding hydrogens is 324 g/mol. The van der Waals surface area contributed by atoms with E-state index in [-0.39, 0.29) is 5.91 Å². The SMILES string of the molecule is Cc1ccsc1/C=N\NC(=O)CCSc1ccc(Cl)cc1. The van der Waals surface area contributed by atoms with E-state index in [1.807, 2.05) is 42.6 Å². The second-order valence-electron chi connectivity index (χ2n) is 4.31. The van der Waals surface area contributed by atoms with Crippen LogP contribution in [0.15, 0.2) is 45.7 Å². The molecule has 0 unspecified atom stereocenters. The number of nitrogens with zero attached hydrogens (tertiary/aromatic N) is 1. The monoisotopic (exact) mass is 338 g/mol. The molecule has 0 fully saturated rings. The lowest BCUT2D eigenvalue weighted by Gasteiger charge is -2.01. The van der Waals surface area contributed by atoms with E-state index in [1.165, 1.54) is 0 Å². The molecule has 6 heteroatoms. The first-order valence-electron chi connectivity index (χ1n) is 6.39. The van der Waals surface area contributed by atoms with Gasteiger partial charge in [-0.05, 0) is 48.2 Å². The number of benzene rings is 1. The first-order valence-corrected chi connectivity index (χ1v) is 8.64. The largest absolute Gasteiger partial charge is 0.273 e. The van der Waals surface area contributed by atoms with Gasteiger partial charge in [-0.15, -0.1) is 23.1 Å². The molecule has 1 amide bonds. The molecule has 2 aromatic rings. The highest BCUT2D eigenvalue weighted by Gasteiger charge is 2.01. The fourth-order valence-electron chi connectivity index (χ4n) is 1.53. The molecule has 0 bridgehead atoms. The fraction of sp³-hybridized carbons (Fsp3) is 0.200. The molecule has 2 rings (SSSR count). The second kappa shape index (κ2) is 8.22. The van der Waals surface area contributed by atoms with Crippen molar-refractivity contribution in [3.05, 3.63) is 51.2 Å². The number of hydrazone groups is 1. The molecule has 0 saturated carbocycles. The fourth-order valence-corrected chi connectivity index (χ4v) is 3.29. The number of amides is 1. The highest BCUT2D eigenvalue weighted by atomic mass is 35.5. The summed E-state index contributed by atoms with van der Waals surface area (Å²) >= 11 is 9.04. The minimum Gasteiger partial charge on any atom is -0.273 e. The van der Waals surface area contributed by atoms with Crippen molar-refractivity contribution in [2.75, 3.05) is 5.75 Å². The Kier molecular flexibility index (Phi) is 6.29. The van der Waals surface area contributed by atoms with Crippen LogP contribution >= 0.6 is 34.7 Å². The molecule has 3 nitrogen and oxygen atoms in total. The van der Waals surface area contributed by atoms with E-state index >= 15 is 0 Å². The van der Waals surface area contributed by atoms with Crippen LogP contribution in [0, 0.1) is 6.92 Å². The lowest BCUT2D eigenvalue weighted by atomic mass is 10.3. The number of halogens is 1. The van der Waals surface area contributed by atoms with Gasteiger partial charge in [0.2, 0.25) is 5.91 Å². The smallest absolute Gasteiger partial charge is 0.240 e. The van der Waals surface area contributed by atoms with Crippen molar-refractivity contribution in [2.45, 2.75) is 18.2 Å². The van der Waals surface area contributed by atoms with Crippen molar-refractivity contribution in [3.63, 3.8) is 0 Å². The Balaban J connectivity index is 1.69. The van der Waals surface area contributed by atoms with E-state index in [1.54, 1.807) is 29.3 Å². The standard InChI is InChI=1S/C15H15ClN2OS2/c1-11-6-8-21-14(11)10-17-18-15(19)7-9-20-13-4-2-12(16)3-5-13/h2-6,8,10H,7,9H2,1H3,(H,18,19)/b17-10-. The average Bonchev–Trinajstić information content (AvgIpc) is 2.87. The minimum absolute atomic E-state index is 0.0816. The van der Waals surface area contributed by atoms with Gasteiger partial charge in [0.1, 0.15) is 0 Å². The molecule has 0 aliphatic heterocycles. The number of carbonyl (C=O) groups is 1. The number of carbonyl (C=O) groups excluding carboxylic acids is 1. The Labute approximate surface area is 137 Å². The van der Waals surface area contributed by atoms with E-state index in [4.69, 9.17) is 11.6 Å². The quantitative estimate of drug-likeness (QED) is 0.483. The van der Waals surface area contributed by atoms with Crippen LogP contribution < -0.4 is 5.43 Å². The molecule has 0 radical (unpaired) electrons. The van der Waals surface area contributed by atoms with Crippen LogP contribution in [0.5, 0.6) is 0 Å². The molecule has 1 heterocycles. The molecule has 0 spiro atoms. The molecule has 110 valence electrons. The minimum atomic E-state index is -0.0816. The van der Waals surface area contributed by atoms with Crippen LogP contribution in [-0.4, -0.2) is 17.9 Å². The predicted octanol–water partition coefficient (Wildman–Crippen LogP) is 4.34. The van der Waals surface area contributed by atoms with Crippen LogP contribution in [0.2, 0.25) is 5.02 Å². The number of thioether (sulfide) groups is 1. The van der Waals surface area contributed by atoms with E-state index in [2.05, 4.69) is 10.5 Å². The zero-order valence-electron chi connectivity index (χ0n) is 11.5. The van der Waals surface area contributed by atoms with E-state index < -0.39 is 0 Å². The maximum absolute atomic E-state index is 11.6. The van der Waals surface area contributed by atoms with Crippen molar-refractivity contribution in [1.29, 1.82) is 0 Å². The summed E-state index contributed by atoms with van der Waals surface area (Å²) in [5, 5.41) is 6.69. The summed E-state index contributed by atoms with van der Waals surface area (Å²) in [7, 11) is 0. The molecule has 0 aliphatic rings. The Morgan fingerprint density at radius 2 is 2.14 bits per heavy atom. The van der Waals surface area contributed by atoms with Crippen molar-refractivity contribution in [3.8, 4) is 0 Å². The highest BCUT2D eigenvalue weighted by Crippen LogP contribution is 2.20. The summed E-state index contributed by atoms with van der Waals surface area (Å²) in [5.41, 5.74) is 3.71. The summed E-state index contributed by atoms with van der Waals surface area (Å²) in [6, 6.07) is 9.61. The zero-order valence-corrected chi connectivity index (χ0v) is 13.9. The average molecular weight is 339 g/mol. The molecule has 1 aromatic heterocycles. The van der Waals surface area contributed by atoms with Gasteiger partial charge in [0.15, 0.2) is 0 Å². The summed E-state index contributed by atoms with van der Waals surface area (Å²) in [6.07, 6.45) is 2.11. The van der Waals surface area contributed by atoms with Gasteiger partial charge in [0.05, 0.1) is 6.21 Å². The van der Waals surface area contributed by atoms with Gasteiger partial charge in [-0.25, -0.2) is 5.43 Å². The highest BCUT2D eigenvalue weighted by molar-refractivity contribution is 7.99. The number of hydrogen-bond acceptors (Lipinski definition) is 4. The van der Waals surface area contributed by atoms with Crippen molar-refractivity contribution < 1.29 is 4.79 Å². The molecule has 1 N–H and O–H groups in total. The lowest BCUT2D eigenvalue weighted by Crippen LogP contribution is -2.17. The van der Waals surface area contributed by atoms with Gasteiger partial charge >= 0.3 is 0 Å². The third kappa shape index (κ3) is 5.53. The van der Waals surface area contributed by atoms with Crippen LogP contribution in [0.25, 0.3) is 0 Å². The predicted molar refractivity (Wildman–Crippen MR) is 91.6 cm³/mol. The van der Waals surface area contributed by atoms with Gasteiger partial charge in [-0.3, -0.25) is 4.79 Å². The summed E-state index contributed by atoms with van der Waals surface area (Å²) < 4.78 is 0. The Hall–Kier alpha value is -1.30. The van der Waals surface area contributed by atoms with Crippen LogP contribution in [0.4, 0.5) is 0 Å². The first kappa shape index (κ1) is 16.1. The molecule has 0 atom stereocenters. The van der Waals surface area contributed by atoms with Gasteiger partial charge < -0.3 is 0 Å². The number of rotatable bonds is 6. The third-order valence-corrected chi connectivity index (χ3v) is 4.90. The van der Waals surface area contributed by atoms with Crippen molar-refractivity contribution in [1.82, 2.24) is 5.43 Å². The van der Waals surface area contributed by atoms with E-state index in [0.29, 0.717) is 12.2 Å². The normalized spacial score (nSPS) is 11.0. The van der Waals surface area contributed by atoms with Crippen molar-refractivity contribution in [2.24, 2.45) is 5.10 Å². The van der Waals surface area contributed by atoms with Crippen LogP contribution in [0.3, 0.4) is 0 Å². The maximum atomic E-state index is 11.6. The molecular formula is C15H15ClN2OS2. The third-order valence-electron chi connectivity index (χ3n) is 2.68. The molecule has 0 aliphatic carbocycles. The summed E-state index contributed by atoms with van der Waals surface area (Å²) in [4.78, 5) is 13.8. The Bertz CT molecular complexity index is 623. The lowest BCUT2D eigenvalue weighted by molar-refractivity contribution is -0.120. The number of thiophene rings is 1. The summed E-state index contributed by atoms with van der Waals surface area (Å²) in [6.45, 7) is 2.02. The topological polar surface area (TPSA) is 41.5 Å². The molecule has 21 heavy (non-hydrogen) atoms. The Morgan fingerprint density at radius 1 is 1.38 bits per heavy atom. The first-order chi connectivity index (χ1) is 10.1. The molecule has 0 saturated heterocycles. The van der Waals surface area contributed by atoms with Gasteiger partial charge in [0, 0.05) is 27.0 Å². The van der Waals surface area contributed by atoms with E-state index in [0.717, 1.165) is 20.4 Å². The van der Waals surface area contributed by atoms with Crippen LogP contribution in [0.1, 0.15) is 16.9 Å². The van der Waals surface area contributed by atoms with Crippen molar-refractivity contribution >= 4 is 46.8 Å².